The van der Waals surface area contributed by atoms with Gasteiger partial charge in [0.15, 0.2) is 0 Å². The third-order valence-electron chi connectivity index (χ3n) is 3.72. The molecule has 0 saturated heterocycles. The van der Waals surface area contributed by atoms with E-state index in [0.717, 1.165) is 22.0 Å². The standard InChI is InChI=1S/C22H19ClN2O/c1-22(2,3)11-9-15-7-8-18(19(23)13-15)21(26)25-20-6-4-5-16-14-24-12-10-17(16)20/h4-8,10,12-14H,1-3H3,(H,25,26). The first-order valence-electron chi connectivity index (χ1n) is 8.30. The third kappa shape index (κ3) is 4.22. The van der Waals surface area contributed by atoms with Gasteiger partial charge >= 0.3 is 0 Å². The fourth-order valence-electron chi connectivity index (χ4n) is 2.46. The van der Waals surface area contributed by atoms with Crippen molar-refractivity contribution in [2.45, 2.75) is 20.8 Å². The molecule has 130 valence electrons. The molecule has 0 unspecified atom stereocenters. The summed E-state index contributed by atoms with van der Waals surface area (Å²) < 4.78 is 0. The second-order valence-electron chi connectivity index (χ2n) is 7.05. The zero-order valence-corrected chi connectivity index (χ0v) is 15.7. The molecule has 1 N–H and O–H groups in total. The van der Waals surface area contributed by atoms with Crippen LogP contribution >= 0.6 is 11.6 Å². The predicted octanol–water partition coefficient (Wildman–Crippen LogP) is 5.54. The number of halogens is 1. The molecule has 3 rings (SSSR count). The Morgan fingerprint density at radius 1 is 1.15 bits per heavy atom. The maximum atomic E-state index is 12.7. The molecule has 0 bridgehead atoms. The molecule has 0 spiro atoms. The van der Waals surface area contributed by atoms with E-state index >= 15 is 0 Å². The number of pyridine rings is 1. The molecule has 0 fully saturated rings. The molecule has 4 heteroatoms. The second-order valence-corrected chi connectivity index (χ2v) is 7.46. The van der Waals surface area contributed by atoms with Crippen molar-refractivity contribution in [2.24, 2.45) is 5.41 Å². The highest BCUT2D eigenvalue weighted by Crippen LogP contribution is 2.24. The van der Waals surface area contributed by atoms with Crippen molar-refractivity contribution in [1.29, 1.82) is 0 Å². The lowest BCUT2D eigenvalue weighted by atomic mass is 9.97. The lowest BCUT2D eigenvalue weighted by molar-refractivity contribution is 0.102. The van der Waals surface area contributed by atoms with Crippen LogP contribution in [0.3, 0.4) is 0 Å². The molecule has 0 aliphatic carbocycles. The Morgan fingerprint density at radius 2 is 1.96 bits per heavy atom. The summed E-state index contributed by atoms with van der Waals surface area (Å²) in [4.78, 5) is 16.8. The van der Waals surface area contributed by atoms with E-state index in [1.165, 1.54) is 0 Å². The van der Waals surface area contributed by atoms with Crippen molar-refractivity contribution in [1.82, 2.24) is 4.98 Å². The van der Waals surface area contributed by atoms with Crippen molar-refractivity contribution in [2.75, 3.05) is 5.32 Å². The summed E-state index contributed by atoms with van der Waals surface area (Å²) in [6.45, 7) is 6.13. The van der Waals surface area contributed by atoms with Gasteiger partial charge in [-0.2, -0.15) is 0 Å². The molecule has 3 aromatic rings. The Kier molecular flexibility index (Phi) is 4.97. The van der Waals surface area contributed by atoms with E-state index in [2.05, 4.69) is 22.1 Å². The zero-order chi connectivity index (χ0) is 18.7. The molecule has 2 aromatic carbocycles. The number of fused-ring (bicyclic) bond motifs is 1. The molecule has 1 heterocycles. The average Bonchev–Trinajstić information content (AvgIpc) is 2.59. The van der Waals surface area contributed by atoms with E-state index in [1.54, 1.807) is 24.5 Å². The van der Waals surface area contributed by atoms with E-state index in [4.69, 9.17) is 11.6 Å². The van der Waals surface area contributed by atoms with Crippen molar-refractivity contribution >= 4 is 34.0 Å². The molecule has 3 nitrogen and oxygen atoms in total. The lowest BCUT2D eigenvalue weighted by Gasteiger charge is -2.10. The Balaban J connectivity index is 1.87. The van der Waals surface area contributed by atoms with Crippen LogP contribution < -0.4 is 5.32 Å². The first-order valence-corrected chi connectivity index (χ1v) is 8.68. The summed E-state index contributed by atoms with van der Waals surface area (Å²) >= 11 is 6.32. The van der Waals surface area contributed by atoms with Crippen LogP contribution in [0.25, 0.3) is 10.8 Å². The van der Waals surface area contributed by atoms with Gasteiger partial charge in [0.05, 0.1) is 10.6 Å². The van der Waals surface area contributed by atoms with Crippen LogP contribution in [0.5, 0.6) is 0 Å². The monoisotopic (exact) mass is 362 g/mol. The van der Waals surface area contributed by atoms with Gasteiger partial charge in [-0.25, -0.2) is 0 Å². The van der Waals surface area contributed by atoms with Crippen LogP contribution in [-0.2, 0) is 0 Å². The maximum Gasteiger partial charge on any atom is 0.257 e. The van der Waals surface area contributed by atoms with E-state index in [1.807, 2.05) is 51.1 Å². The van der Waals surface area contributed by atoms with Gasteiger partial charge in [-0.1, -0.05) is 35.6 Å². The number of nitrogens with zero attached hydrogens (tertiary/aromatic N) is 1. The first kappa shape index (κ1) is 18.0. The van der Waals surface area contributed by atoms with Crippen LogP contribution in [0.15, 0.2) is 54.9 Å². The van der Waals surface area contributed by atoms with Crippen LogP contribution in [0.1, 0.15) is 36.7 Å². The minimum atomic E-state index is -0.255. The van der Waals surface area contributed by atoms with Crippen molar-refractivity contribution in [3.63, 3.8) is 0 Å². The highest BCUT2D eigenvalue weighted by molar-refractivity contribution is 6.34. The molecule has 0 radical (unpaired) electrons. The molecule has 0 saturated carbocycles. The second kappa shape index (κ2) is 7.19. The van der Waals surface area contributed by atoms with Gasteiger partial charge in [0, 0.05) is 39.8 Å². The van der Waals surface area contributed by atoms with E-state index < -0.39 is 0 Å². The summed E-state index contributed by atoms with van der Waals surface area (Å²) in [6, 6.07) is 12.8. The van der Waals surface area contributed by atoms with Gasteiger partial charge in [0.2, 0.25) is 0 Å². The summed E-state index contributed by atoms with van der Waals surface area (Å²) in [5.74, 6) is 6.00. The number of carbonyl (C=O) groups excluding carboxylic acids is 1. The van der Waals surface area contributed by atoms with Gasteiger partial charge in [-0.05, 0) is 51.1 Å². The van der Waals surface area contributed by atoms with Crippen LogP contribution in [0.4, 0.5) is 5.69 Å². The Labute approximate surface area is 158 Å². The number of amides is 1. The number of hydrogen-bond acceptors (Lipinski definition) is 2. The van der Waals surface area contributed by atoms with Crippen molar-refractivity contribution in [3.8, 4) is 11.8 Å². The van der Waals surface area contributed by atoms with Crippen LogP contribution in [0.2, 0.25) is 5.02 Å². The van der Waals surface area contributed by atoms with E-state index in [9.17, 15) is 4.79 Å². The fourth-order valence-corrected chi connectivity index (χ4v) is 2.72. The third-order valence-corrected chi connectivity index (χ3v) is 4.04. The molecular formula is C22H19ClN2O. The van der Waals surface area contributed by atoms with Crippen molar-refractivity contribution in [3.05, 3.63) is 71.0 Å². The number of hydrogen-bond donors (Lipinski definition) is 1. The molecule has 0 atom stereocenters. The van der Waals surface area contributed by atoms with Gasteiger partial charge in [0.25, 0.3) is 5.91 Å². The quantitative estimate of drug-likeness (QED) is 0.608. The number of rotatable bonds is 2. The largest absolute Gasteiger partial charge is 0.321 e. The highest BCUT2D eigenvalue weighted by atomic mass is 35.5. The van der Waals surface area contributed by atoms with E-state index in [0.29, 0.717) is 10.6 Å². The maximum absolute atomic E-state index is 12.7. The minimum Gasteiger partial charge on any atom is -0.321 e. The molecule has 26 heavy (non-hydrogen) atoms. The fraction of sp³-hybridized carbons (Fsp3) is 0.182. The molecular weight excluding hydrogens is 344 g/mol. The van der Waals surface area contributed by atoms with Crippen molar-refractivity contribution < 1.29 is 4.79 Å². The molecule has 1 aromatic heterocycles. The normalized spacial score (nSPS) is 10.9. The molecule has 1 amide bonds. The Bertz CT molecular complexity index is 1030. The van der Waals surface area contributed by atoms with Gasteiger partial charge in [-0.15, -0.1) is 0 Å². The number of carbonyl (C=O) groups is 1. The number of benzene rings is 2. The smallest absolute Gasteiger partial charge is 0.257 e. The van der Waals surface area contributed by atoms with E-state index in [-0.39, 0.29) is 11.3 Å². The number of nitrogens with one attached hydrogen (secondary N) is 1. The summed E-state index contributed by atoms with van der Waals surface area (Å²) in [5, 5.41) is 5.20. The zero-order valence-electron chi connectivity index (χ0n) is 14.9. The summed E-state index contributed by atoms with van der Waals surface area (Å²) in [7, 11) is 0. The summed E-state index contributed by atoms with van der Waals surface area (Å²) in [5.41, 5.74) is 1.84. The minimum absolute atomic E-state index is 0.0915. The van der Waals surface area contributed by atoms with Crippen LogP contribution in [0, 0.1) is 17.3 Å². The topological polar surface area (TPSA) is 42.0 Å². The van der Waals surface area contributed by atoms with Gasteiger partial charge in [-0.3, -0.25) is 9.78 Å². The Morgan fingerprint density at radius 3 is 2.69 bits per heavy atom. The predicted molar refractivity (Wildman–Crippen MR) is 107 cm³/mol. The van der Waals surface area contributed by atoms with Gasteiger partial charge in [0.1, 0.15) is 0 Å². The lowest BCUT2D eigenvalue weighted by Crippen LogP contribution is -2.12. The number of aromatic nitrogens is 1. The first-order chi connectivity index (χ1) is 12.3. The molecule has 0 aliphatic heterocycles. The SMILES string of the molecule is CC(C)(C)C#Cc1ccc(C(=O)Nc2cccc3cnccc23)c(Cl)c1. The van der Waals surface area contributed by atoms with Crippen LogP contribution in [-0.4, -0.2) is 10.9 Å². The average molecular weight is 363 g/mol. The summed E-state index contributed by atoms with van der Waals surface area (Å²) in [6.07, 6.45) is 3.47. The van der Waals surface area contributed by atoms with Gasteiger partial charge < -0.3 is 5.32 Å². The Hall–Kier alpha value is -2.83. The highest BCUT2D eigenvalue weighted by Gasteiger charge is 2.12. The molecule has 0 aliphatic rings. The number of anilines is 1.